The lowest BCUT2D eigenvalue weighted by Crippen LogP contribution is -1.94. The SMILES string of the molecule is C=CCOc1ccc(CCc2ccc(C#Cc3ccc(Cl)cc3F)cc2)cc1. The van der Waals surface area contributed by atoms with Gasteiger partial charge in [0.2, 0.25) is 0 Å². The van der Waals surface area contributed by atoms with E-state index < -0.39 is 5.82 Å². The molecular weight excluding hydrogens is 371 g/mol. The van der Waals surface area contributed by atoms with E-state index in [0.29, 0.717) is 17.2 Å². The highest BCUT2D eigenvalue weighted by Crippen LogP contribution is 2.15. The Morgan fingerprint density at radius 2 is 1.54 bits per heavy atom. The predicted octanol–water partition coefficient (Wildman–Crippen LogP) is 6.23. The molecular formula is C25H20ClFO. The summed E-state index contributed by atoms with van der Waals surface area (Å²) in [6.07, 6.45) is 3.61. The Bertz CT molecular complexity index is 995. The first-order valence-electron chi connectivity index (χ1n) is 9.03. The van der Waals surface area contributed by atoms with E-state index in [-0.39, 0.29) is 0 Å². The van der Waals surface area contributed by atoms with Crippen LogP contribution >= 0.6 is 11.6 Å². The highest BCUT2D eigenvalue weighted by molar-refractivity contribution is 6.30. The summed E-state index contributed by atoms with van der Waals surface area (Å²) in [5, 5.41) is 0.367. The molecule has 0 atom stereocenters. The maximum atomic E-state index is 13.8. The largest absolute Gasteiger partial charge is 0.490 e. The summed E-state index contributed by atoms with van der Waals surface area (Å²) in [5.41, 5.74) is 3.68. The average Bonchev–Trinajstić information content (AvgIpc) is 2.71. The standard InChI is InChI=1S/C25H20ClFO/c1-2-17-28-24-15-10-21(11-16-24)8-5-19-3-6-20(7-4-19)9-12-22-13-14-23(26)18-25(22)27/h2-4,6-7,10-11,13-16,18H,1,5,8,17H2. The van der Waals surface area contributed by atoms with Crippen molar-refractivity contribution in [3.05, 3.63) is 112 Å². The molecule has 3 aromatic carbocycles. The first-order valence-corrected chi connectivity index (χ1v) is 9.40. The zero-order valence-electron chi connectivity index (χ0n) is 15.4. The Balaban J connectivity index is 1.57. The molecule has 0 spiro atoms. The smallest absolute Gasteiger partial charge is 0.140 e. The summed E-state index contributed by atoms with van der Waals surface area (Å²) in [7, 11) is 0. The zero-order chi connectivity index (χ0) is 19.8. The van der Waals surface area contributed by atoms with Crippen LogP contribution in [-0.4, -0.2) is 6.61 Å². The van der Waals surface area contributed by atoms with Crippen molar-refractivity contribution >= 4 is 11.6 Å². The van der Waals surface area contributed by atoms with E-state index in [1.54, 1.807) is 18.2 Å². The van der Waals surface area contributed by atoms with E-state index in [1.807, 2.05) is 24.3 Å². The lowest BCUT2D eigenvalue weighted by molar-refractivity contribution is 0.363. The molecule has 1 nitrogen and oxygen atoms in total. The number of aryl methyl sites for hydroxylation is 2. The molecule has 0 aliphatic heterocycles. The number of rotatable bonds is 6. The van der Waals surface area contributed by atoms with Crippen LogP contribution in [0.25, 0.3) is 0 Å². The lowest BCUT2D eigenvalue weighted by Gasteiger charge is -2.06. The molecule has 0 aliphatic carbocycles. The fourth-order valence-corrected chi connectivity index (χ4v) is 2.84. The quantitative estimate of drug-likeness (QED) is 0.358. The third-order valence-corrected chi connectivity index (χ3v) is 4.46. The maximum absolute atomic E-state index is 13.8. The second kappa shape index (κ2) is 9.78. The molecule has 0 saturated heterocycles. The number of ether oxygens (including phenoxy) is 1. The van der Waals surface area contributed by atoms with Gasteiger partial charge in [-0.2, -0.15) is 0 Å². The van der Waals surface area contributed by atoms with E-state index in [1.165, 1.54) is 17.2 Å². The average molecular weight is 391 g/mol. The van der Waals surface area contributed by atoms with Crippen LogP contribution < -0.4 is 4.74 Å². The highest BCUT2D eigenvalue weighted by Gasteiger charge is 2.00. The van der Waals surface area contributed by atoms with Crippen LogP contribution in [-0.2, 0) is 12.8 Å². The van der Waals surface area contributed by atoms with Crippen molar-refractivity contribution < 1.29 is 9.13 Å². The second-order valence-electron chi connectivity index (χ2n) is 6.31. The number of benzene rings is 3. The van der Waals surface area contributed by atoms with Gasteiger partial charge in [-0.15, -0.1) is 0 Å². The predicted molar refractivity (Wildman–Crippen MR) is 113 cm³/mol. The van der Waals surface area contributed by atoms with E-state index in [0.717, 1.165) is 24.2 Å². The molecule has 0 aliphatic rings. The van der Waals surface area contributed by atoms with Crippen molar-refractivity contribution in [3.63, 3.8) is 0 Å². The topological polar surface area (TPSA) is 9.23 Å². The molecule has 0 unspecified atom stereocenters. The third kappa shape index (κ3) is 5.74. The lowest BCUT2D eigenvalue weighted by atomic mass is 10.0. The molecule has 3 heteroatoms. The first kappa shape index (κ1) is 19.7. The molecule has 140 valence electrons. The van der Waals surface area contributed by atoms with Gasteiger partial charge in [-0.1, -0.05) is 60.4 Å². The van der Waals surface area contributed by atoms with Gasteiger partial charge >= 0.3 is 0 Å². The van der Waals surface area contributed by atoms with Gasteiger partial charge in [0.25, 0.3) is 0 Å². The Kier molecular flexibility index (Phi) is 6.89. The maximum Gasteiger partial charge on any atom is 0.140 e. The Hall–Kier alpha value is -3.02. The van der Waals surface area contributed by atoms with E-state index >= 15 is 0 Å². The molecule has 0 radical (unpaired) electrons. The van der Waals surface area contributed by atoms with Crippen LogP contribution in [0.1, 0.15) is 22.3 Å². The summed E-state index contributed by atoms with van der Waals surface area (Å²) in [5.74, 6) is 6.29. The van der Waals surface area contributed by atoms with Gasteiger partial charge in [0.05, 0.1) is 5.56 Å². The van der Waals surface area contributed by atoms with Crippen molar-refractivity contribution in [2.75, 3.05) is 6.61 Å². The van der Waals surface area contributed by atoms with Crippen LogP contribution in [0.15, 0.2) is 79.4 Å². The van der Waals surface area contributed by atoms with Gasteiger partial charge in [0.1, 0.15) is 18.2 Å². The van der Waals surface area contributed by atoms with Crippen molar-refractivity contribution in [1.29, 1.82) is 0 Å². The molecule has 28 heavy (non-hydrogen) atoms. The molecule has 0 amide bonds. The van der Waals surface area contributed by atoms with Crippen molar-refractivity contribution in [2.24, 2.45) is 0 Å². The van der Waals surface area contributed by atoms with Gasteiger partial charge in [0, 0.05) is 10.6 Å². The van der Waals surface area contributed by atoms with E-state index in [2.05, 4.69) is 42.7 Å². The van der Waals surface area contributed by atoms with Crippen LogP contribution in [0.3, 0.4) is 0 Å². The normalized spacial score (nSPS) is 10.1. The Labute approximate surface area is 170 Å². The minimum atomic E-state index is -0.405. The number of hydrogen-bond donors (Lipinski definition) is 0. The van der Waals surface area contributed by atoms with Crippen molar-refractivity contribution in [3.8, 4) is 17.6 Å². The zero-order valence-corrected chi connectivity index (χ0v) is 16.2. The minimum Gasteiger partial charge on any atom is -0.490 e. The summed E-state index contributed by atoms with van der Waals surface area (Å²) in [6.45, 7) is 4.15. The molecule has 0 saturated carbocycles. The summed E-state index contributed by atoms with van der Waals surface area (Å²) >= 11 is 5.76. The van der Waals surface area contributed by atoms with Crippen LogP contribution in [0.5, 0.6) is 5.75 Å². The number of halogens is 2. The van der Waals surface area contributed by atoms with E-state index in [9.17, 15) is 4.39 Å². The molecule has 0 N–H and O–H groups in total. The van der Waals surface area contributed by atoms with Gasteiger partial charge in [-0.25, -0.2) is 4.39 Å². The summed E-state index contributed by atoms with van der Waals surface area (Å²) in [4.78, 5) is 0. The number of hydrogen-bond acceptors (Lipinski definition) is 1. The van der Waals surface area contributed by atoms with Crippen molar-refractivity contribution in [1.82, 2.24) is 0 Å². The molecule has 0 heterocycles. The second-order valence-corrected chi connectivity index (χ2v) is 6.75. The highest BCUT2D eigenvalue weighted by atomic mass is 35.5. The molecule has 0 fully saturated rings. The van der Waals surface area contributed by atoms with Crippen LogP contribution in [0.4, 0.5) is 4.39 Å². The van der Waals surface area contributed by atoms with Gasteiger partial charge in [0.15, 0.2) is 0 Å². The first-order chi connectivity index (χ1) is 13.6. The van der Waals surface area contributed by atoms with Gasteiger partial charge in [-0.3, -0.25) is 0 Å². The van der Waals surface area contributed by atoms with Gasteiger partial charge < -0.3 is 4.74 Å². The van der Waals surface area contributed by atoms with Crippen LogP contribution in [0, 0.1) is 17.7 Å². The van der Waals surface area contributed by atoms with Gasteiger partial charge in [-0.05, 0) is 66.4 Å². The minimum absolute atomic E-state index is 0.342. The van der Waals surface area contributed by atoms with Crippen LogP contribution in [0.2, 0.25) is 5.02 Å². The Morgan fingerprint density at radius 3 is 2.14 bits per heavy atom. The summed E-state index contributed by atoms with van der Waals surface area (Å²) < 4.78 is 19.3. The van der Waals surface area contributed by atoms with E-state index in [4.69, 9.17) is 16.3 Å². The molecule has 3 aromatic rings. The molecule has 0 bridgehead atoms. The Morgan fingerprint density at radius 1 is 0.893 bits per heavy atom. The molecule has 0 aromatic heterocycles. The fraction of sp³-hybridized carbons (Fsp3) is 0.120. The molecule has 3 rings (SSSR count). The fourth-order valence-electron chi connectivity index (χ4n) is 2.68. The van der Waals surface area contributed by atoms with Crippen molar-refractivity contribution in [2.45, 2.75) is 12.8 Å². The summed E-state index contributed by atoms with van der Waals surface area (Å²) in [6, 6.07) is 20.7. The monoisotopic (exact) mass is 390 g/mol. The third-order valence-electron chi connectivity index (χ3n) is 4.22.